The van der Waals surface area contributed by atoms with Crippen LogP contribution >= 0.6 is 0 Å². The zero-order chi connectivity index (χ0) is 17.5. The molecule has 24 heavy (non-hydrogen) atoms. The van der Waals surface area contributed by atoms with Gasteiger partial charge in [0.15, 0.2) is 9.84 Å². The van der Waals surface area contributed by atoms with E-state index in [0.29, 0.717) is 17.5 Å². The highest BCUT2D eigenvalue weighted by Gasteiger charge is 2.29. The molecule has 1 N–H and O–H groups in total. The first kappa shape index (κ1) is 16.4. The van der Waals surface area contributed by atoms with Crippen LogP contribution in [0.4, 0.5) is 0 Å². The van der Waals surface area contributed by atoms with Crippen molar-refractivity contribution in [1.82, 2.24) is 14.5 Å². The minimum atomic E-state index is -3.11. The van der Waals surface area contributed by atoms with Crippen LogP contribution in [-0.2, 0) is 28.2 Å². The molecule has 0 saturated carbocycles. The predicted molar refractivity (Wildman–Crippen MR) is 88.7 cm³/mol. The van der Waals surface area contributed by atoms with Gasteiger partial charge < -0.3 is 9.88 Å². The zero-order valence-electron chi connectivity index (χ0n) is 13.1. The Balaban J connectivity index is 1.92. The second-order valence-electron chi connectivity index (χ2n) is 5.91. The fraction of sp³-hybridized carbons (Fsp3) is 0.400. The number of para-hydroxylation sites is 2. The van der Waals surface area contributed by atoms with Crippen LogP contribution in [0.3, 0.4) is 0 Å². The van der Waals surface area contributed by atoms with Crippen molar-refractivity contribution >= 4 is 26.8 Å². The monoisotopic (exact) mass is 351 g/mol. The molecule has 0 bridgehead atoms. The molecule has 1 aromatic heterocycles. The molecule has 8 nitrogen and oxygen atoms in total. The number of nitrogens with zero attached hydrogens (tertiary/aromatic N) is 2. The number of rotatable bonds is 3. The smallest absolute Gasteiger partial charge is 0.317 e. The first-order valence-electron chi connectivity index (χ1n) is 7.47. The zero-order valence-corrected chi connectivity index (χ0v) is 13.9. The van der Waals surface area contributed by atoms with Gasteiger partial charge in [0, 0.05) is 13.1 Å². The molecule has 128 valence electrons. The number of hydrogen-bond acceptors (Lipinski definition) is 5. The van der Waals surface area contributed by atoms with Crippen LogP contribution in [0.5, 0.6) is 0 Å². The van der Waals surface area contributed by atoms with E-state index < -0.39 is 32.9 Å². The highest BCUT2D eigenvalue weighted by molar-refractivity contribution is 7.91. The highest BCUT2D eigenvalue weighted by atomic mass is 32.2. The Morgan fingerprint density at radius 1 is 1.21 bits per heavy atom. The van der Waals surface area contributed by atoms with Crippen molar-refractivity contribution in [3.63, 3.8) is 0 Å². The molecule has 1 fully saturated rings. The van der Waals surface area contributed by atoms with E-state index in [1.165, 1.54) is 11.6 Å². The Kier molecular flexibility index (Phi) is 4.04. The predicted octanol–water partition coefficient (Wildman–Crippen LogP) is -0.996. The van der Waals surface area contributed by atoms with Gasteiger partial charge in [0.05, 0.1) is 22.5 Å². The number of hydrogen-bond donors (Lipinski definition) is 1. The minimum Gasteiger partial charge on any atom is -0.351 e. The number of carbonyl (C=O) groups is 1. The Labute approximate surface area is 137 Å². The summed E-state index contributed by atoms with van der Waals surface area (Å²) < 4.78 is 25.2. The Morgan fingerprint density at radius 2 is 1.88 bits per heavy atom. The van der Waals surface area contributed by atoms with Crippen LogP contribution in [0.2, 0.25) is 0 Å². The Morgan fingerprint density at radius 3 is 2.50 bits per heavy atom. The van der Waals surface area contributed by atoms with E-state index in [1.54, 1.807) is 24.3 Å². The summed E-state index contributed by atoms with van der Waals surface area (Å²) in [6, 6.07) is 6.35. The molecular formula is C15H17N3O5S. The van der Waals surface area contributed by atoms with E-state index in [0.717, 1.165) is 4.57 Å². The lowest BCUT2D eigenvalue weighted by Gasteiger charge is -2.14. The van der Waals surface area contributed by atoms with E-state index in [2.05, 4.69) is 5.32 Å². The van der Waals surface area contributed by atoms with Crippen LogP contribution in [0.25, 0.3) is 11.0 Å². The van der Waals surface area contributed by atoms with Gasteiger partial charge in [0.1, 0.15) is 6.54 Å². The summed E-state index contributed by atoms with van der Waals surface area (Å²) in [5, 5.41) is 2.62. The lowest BCUT2D eigenvalue weighted by molar-refractivity contribution is -0.122. The molecular weight excluding hydrogens is 334 g/mol. The molecule has 1 amide bonds. The first-order chi connectivity index (χ1) is 11.3. The molecule has 0 radical (unpaired) electrons. The third kappa shape index (κ3) is 2.99. The standard InChI is InChI=1S/C15H17N3O5S/c1-17-11-4-2-3-5-12(11)18(15(21)14(17)20)8-13(19)16-10-6-7-24(22,23)9-10/h2-5,10H,6-9H2,1H3,(H,16,19). The second-order valence-corrected chi connectivity index (χ2v) is 8.14. The number of nitrogens with one attached hydrogen (secondary N) is 1. The third-order valence-electron chi connectivity index (χ3n) is 4.17. The fourth-order valence-electron chi connectivity index (χ4n) is 2.94. The van der Waals surface area contributed by atoms with Gasteiger partial charge in [-0.3, -0.25) is 19.0 Å². The van der Waals surface area contributed by atoms with Crippen LogP contribution in [-0.4, -0.2) is 41.0 Å². The van der Waals surface area contributed by atoms with Crippen LogP contribution in [0.15, 0.2) is 33.9 Å². The van der Waals surface area contributed by atoms with E-state index >= 15 is 0 Å². The number of carbonyl (C=O) groups excluding carboxylic acids is 1. The van der Waals surface area contributed by atoms with Crippen LogP contribution in [0.1, 0.15) is 6.42 Å². The van der Waals surface area contributed by atoms with Crippen molar-refractivity contribution in [1.29, 1.82) is 0 Å². The van der Waals surface area contributed by atoms with E-state index in [-0.39, 0.29) is 18.1 Å². The van der Waals surface area contributed by atoms with Gasteiger partial charge in [-0.1, -0.05) is 12.1 Å². The number of aromatic nitrogens is 2. The van der Waals surface area contributed by atoms with Gasteiger partial charge in [-0.05, 0) is 18.6 Å². The molecule has 0 aliphatic carbocycles. The van der Waals surface area contributed by atoms with Crippen molar-refractivity contribution < 1.29 is 13.2 Å². The van der Waals surface area contributed by atoms with Crippen LogP contribution in [0, 0.1) is 0 Å². The summed E-state index contributed by atoms with van der Waals surface area (Å²) in [7, 11) is -1.61. The molecule has 3 rings (SSSR count). The quantitative estimate of drug-likeness (QED) is 0.714. The second kappa shape index (κ2) is 5.90. The van der Waals surface area contributed by atoms with Crippen molar-refractivity contribution in [2.24, 2.45) is 7.05 Å². The maximum atomic E-state index is 12.2. The van der Waals surface area contributed by atoms with Crippen LogP contribution < -0.4 is 16.4 Å². The molecule has 0 spiro atoms. The van der Waals surface area contributed by atoms with Crippen molar-refractivity contribution in [2.45, 2.75) is 19.0 Å². The molecule has 1 saturated heterocycles. The maximum absolute atomic E-state index is 12.2. The summed E-state index contributed by atoms with van der Waals surface area (Å²) in [5.41, 5.74) is -0.493. The molecule has 9 heteroatoms. The lowest BCUT2D eigenvalue weighted by Crippen LogP contribution is -2.44. The van der Waals surface area contributed by atoms with Gasteiger partial charge in [0.2, 0.25) is 5.91 Å². The average molecular weight is 351 g/mol. The summed E-state index contributed by atoms with van der Waals surface area (Å²) in [4.78, 5) is 36.5. The summed E-state index contributed by atoms with van der Waals surface area (Å²) >= 11 is 0. The fourth-order valence-corrected chi connectivity index (χ4v) is 4.61. The average Bonchev–Trinajstić information content (AvgIpc) is 2.88. The van der Waals surface area contributed by atoms with Gasteiger partial charge in [-0.25, -0.2) is 8.42 Å². The van der Waals surface area contributed by atoms with Gasteiger partial charge >= 0.3 is 11.1 Å². The topological polar surface area (TPSA) is 107 Å². The maximum Gasteiger partial charge on any atom is 0.317 e. The number of benzene rings is 1. The minimum absolute atomic E-state index is 0.0483. The molecule has 1 aliphatic heterocycles. The molecule has 1 aliphatic rings. The van der Waals surface area contributed by atoms with E-state index in [4.69, 9.17) is 0 Å². The molecule has 1 aromatic carbocycles. The van der Waals surface area contributed by atoms with Gasteiger partial charge in [-0.15, -0.1) is 0 Å². The van der Waals surface area contributed by atoms with Crippen molar-refractivity contribution in [2.75, 3.05) is 11.5 Å². The molecule has 2 aromatic rings. The van der Waals surface area contributed by atoms with Crippen molar-refractivity contribution in [3.05, 3.63) is 45.0 Å². The first-order valence-corrected chi connectivity index (χ1v) is 9.29. The number of amides is 1. The summed E-state index contributed by atoms with van der Waals surface area (Å²) in [5.74, 6) is -0.532. The summed E-state index contributed by atoms with van der Waals surface area (Å²) in [6.45, 7) is -0.327. The van der Waals surface area contributed by atoms with Crippen molar-refractivity contribution in [3.8, 4) is 0 Å². The molecule has 1 atom stereocenters. The normalized spacial score (nSPS) is 19.5. The number of sulfone groups is 1. The van der Waals surface area contributed by atoms with E-state index in [9.17, 15) is 22.8 Å². The number of aryl methyl sites for hydroxylation is 1. The molecule has 2 heterocycles. The lowest BCUT2D eigenvalue weighted by atomic mass is 10.2. The SMILES string of the molecule is Cn1c(=O)c(=O)n(CC(=O)NC2CCS(=O)(=O)C2)c2ccccc21. The Bertz CT molecular complexity index is 1040. The number of fused-ring (bicyclic) bond motifs is 1. The third-order valence-corrected chi connectivity index (χ3v) is 5.93. The Hall–Kier alpha value is -2.42. The molecule has 1 unspecified atom stereocenters. The highest BCUT2D eigenvalue weighted by Crippen LogP contribution is 2.12. The largest absolute Gasteiger partial charge is 0.351 e. The van der Waals surface area contributed by atoms with E-state index in [1.807, 2.05) is 0 Å². The van der Waals surface area contributed by atoms with Gasteiger partial charge in [0.25, 0.3) is 0 Å². The van der Waals surface area contributed by atoms with Gasteiger partial charge in [-0.2, -0.15) is 0 Å². The summed E-state index contributed by atoms with van der Waals surface area (Å²) in [6.07, 6.45) is 0.361.